The molecule has 0 aliphatic carbocycles. The lowest BCUT2D eigenvalue weighted by molar-refractivity contribution is 0.219. The van der Waals surface area contributed by atoms with Crippen LogP contribution in [0.25, 0.3) is 16.5 Å². The van der Waals surface area contributed by atoms with E-state index in [2.05, 4.69) is 64.8 Å². The number of nitrogens with one attached hydrogen (secondary N) is 3. The first kappa shape index (κ1) is 23.3. The number of rotatable bonds is 8. The van der Waals surface area contributed by atoms with Gasteiger partial charge in [-0.05, 0) is 74.8 Å². The number of thiocarbonyl (C=S) groups is 1. The van der Waals surface area contributed by atoms with Crippen LogP contribution in [0.3, 0.4) is 0 Å². The van der Waals surface area contributed by atoms with E-state index >= 15 is 0 Å². The average molecular weight is 463 g/mol. The molecule has 33 heavy (non-hydrogen) atoms. The number of ether oxygens (including phenoxy) is 1. The number of para-hydroxylation sites is 2. The van der Waals surface area contributed by atoms with Gasteiger partial charge in [-0.15, -0.1) is 0 Å². The summed E-state index contributed by atoms with van der Waals surface area (Å²) in [6.45, 7) is 9.33. The number of hydrogen-bond acceptors (Lipinski definition) is 3. The van der Waals surface area contributed by atoms with Gasteiger partial charge in [0.15, 0.2) is 5.11 Å². The van der Waals surface area contributed by atoms with Crippen LogP contribution in [0.2, 0.25) is 0 Å². The highest BCUT2D eigenvalue weighted by Crippen LogP contribution is 2.32. The quantitative estimate of drug-likeness (QED) is 0.327. The molecule has 0 amide bonds. The van der Waals surface area contributed by atoms with Crippen molar-refractivity contribution >= 4 is 45.2 Å². The molecule has 1 aliphatic heterocycles. The number of benzene rings is 2. The fourth-order valence-electron chi connectivity index (χ4n) is 4.53. The molecule has 3 N–H and O–H groups in total. The first-order valence-corrected chi connectivity index (χ1v) is 12.3. The van der Waals surface area contributed by atoms with Crippen molar-refractivity contribution in [3.63, 3.8) is 0 Å². The molecule has 1 aliphatic rings. The first-order chi connectivity index (χ1) is 16.1. The average Bonchev–Trinajstić information content (AvgIpc) is 3.24. The zero-order chi connectivity index (χ0) is 23.2. The third-order valence-electron chi connectivity index (χ3n) is 6.29. The maximum Gasteiger partial charge on any atom is 0.175 e. The van der Waals surface area contributed by atoms with Crippen molar-refractivity contribution in [1.29, 1.82) is 0 Å². The second-order valence-electron chi connectivity index (χ2n) is 8.58. The van der Waals surface area contributed by atoms with E-state index < -0.39 is 0 Å². The fourth-order valence-corrected chi connectivity index (χ4v) is 4.76. The van der Waals surface area contributed by atoms with Gasteiger partial charge in [-0.1, -0.05) is 31.6 Å². The molecule has 0 radical (unpaired) electrons. The van der Waals surface area contributed by atoms with E-state index in [1.54, 1.807) is 0 Å². The van der Waals surface area contributed by atoms with E-state index in [9.17, 15) is 0 Å². The SMILES string of the molecule is CCCC(C)N1CC=C(c2c[nH]c3ccc(NC(=S)Nc4ccccc4OCC)cc23)CC1. The third kappa shape index (κ3) is 5.57. The Hall–Kier alpha value is -2.83. The van der Waals surface area contributed by atoms with Gasteiger partial charge in [-0.2, -0.15) is 0 Å². The van der Waals surface area contributed by atoms with Gasteiger partial charge in [0, 0.05) is 47.5 Å². The van der Waals surface area contributed by atoms with Crippen molar-refractivity contribution in [2.24, 2.45) is 0 Å². The molecule has 0 saturated carbocycles. The molecule has 2 aromatic carbocycles. The first-order valence-electron chi connectivity index (χ1n) is 11.9. The molecule has 0 spiro atoms. The van der Waals surface area contributed by atoms with E-state index in [1.807, 2.05) is 31.2 Å². The van der Waals surface area contributed by atoms with Crippen LogP contribution in [-0.4, -0.2) is 40.7 Å². The highest BCUT2D eigenvalue weighted by atomic mass is 32.1. The summed E-state index contributed by atoms with van der Waals surface area (Å²) in [5, 5.41) is 8.35. The minimum Gasteiger partial charge on any atom is -0.492 e. The van der Waals surface area contributed by atoms with Crippen molar-refractivity contribution in [2.75, 3.05) is 30.3 Å². The van der Waals surface area contributed by atoms with Crippen LogP contribution < -0.4 is 15.4 Å². The lowest BCUT2D eigenvalue weighted by Crippen LogP contribution is -2.36. The predicted molar refractivity (Wildman–Crippen MR) is 144 cm³/mol. The molecule has 1 unspecified atom stereocenters. The Labute approximate surface area is 202 Å². The lowest BCUT2D eigenvalue weighted by Gasteiger charge is -2.31. The van der Waals surface area contributed by atoms with Gasteiger partial charge >= 0.3 is 0 Å². The van der Waals surface area contributed by atoms with E-state index in [4.69, 9.17) is 17.0 Å². The standard InChI is InChI=1S/C27H34N4OS/c1-4-8-19(3)31-15-13-20(14-16-31)23-18-28-24-12-11-21(17-22(23)24)29-27(33)30-25-9-6-7-10-26(25)32-5-2/h6-7,9-13,17-19,28H,4-5,8,14-16H2,1-3H3,(H2,29,30,33). The number of anilines is 2. The summed E-state index contributed by atoms with van der Waals surface area (Å²) >= 11 is 5.58. The Morgan fingerprint density at radius 2 is 2.03 bits per heavy atom. The topological polar surface area (TPSA) is 52.3 Å². The minimum atomic E-state index is 0.538. The van der Waals surface area contributed by atoms with Crippen molar-refractivity contribution in [2.45, 2.75) is 46.1 Å². The molecule has 4 rings (SSSR count). The molecule has 0 saturated heterocycles. The van der Waals surface area contributed by atoms with Crippen molar-refractivity contribution in [3.8, 4) is 5.75 Å². The molecular weight excluding hydrogens is 428 g/mol. The Bertz CT molecular complexity index is 1140. The van der Waals surface area contributed by atoms with Crippen molar-refractivity contribution < 1.29 is 4.74 Å². The Morgan fingerprint density at radius 3 is 2.79 bits per heavy atom. The molecule has 0 fully saturated rings. The summed E-state index contributed by atoms with van der Waals surface area (Å²) in [5.74, 6) is 0.791. The molecular formula is C27H34N4OS. The zero-order valence-corrected chi connectivity index (χ0v) is 20.6. The van der Waals surface area contributed by atoms with Crippen molar-refractivity contribution in [3.05, 3.63) is 60.3 Å². The normalized spacial score (nSPS) is 15.2. The zero-order valence-electron chi connectivity index (χ0n) is 19.8. The molecule has 2 heterocycles. The lowest BCUT2D eigenvalue weighted by atomic mass is 9.97. The molecule has 0 bridgehead atoms. The molecule has 3 aromatic rings. The molecule has 1 atom stereocenters. The van der Waals surface area contributed by atoms with Crippen LogP contribution in [0.5, 0.6) is 5.75 Å². The molecule has 6 heteroatoms. The van der Waals surface area contributed by atoms with Crippen LogP contribution in [-0.2, 0) is 0 Å². The maximum absolute atomic E-state index is 5.69. The van der Waals surface area contributed by atoms with Gasteiger partial charge < -0.3 is 20.4 Å². The second kappa shape index (κ2) is 10.9. The predicted octanol–water partition coefficient (Wildman–Crippen LogP) is 6.65. The number of fused-ring (bicyclic) bond motifs is 1. The monoisotopic (exact) mass is 462 g/mol. The highest BCUT2D eigenvalue weighted by molar-refractivity contribution is 7.80. The van der Waals surface area contributed by atoms with E-state index in [0.717, 1.165) is 42.2 Å². The number of nitrogens with zero attached hydrogens (tertiary/aromatic N) is 1. The van der Waals surface area contributed by atoms with Crippen LogP contribution in [0, 0.1) is 0 Å². The van der Waals surface area contributed by atoms with E-state index in [1.165, 1.54) is 29.4 Å². The largest absolute Gasteiger partial charge is 0.492 e. The smallest absolute Gasteiger partial charge is 0.175 e. The number of hydrogen-bond donors (Lipinski definition) is 3. The number of H-pyrrole nitrogens is 1. The fraction of sp³-hybridized carbons (Fsp3) is 0.370. The Kier molecular flexibility index (Phi) is 7.68. The minimum absolute atomic E-state index is 0.538. The summed E-state index contributed by atoms with van der Waals surface area (Å²) < 4.78 is 5.69. The third-order valence-corrected chi connectivity index (χ3v) is 6.50. The second-order valence-corrected chi connectivity index (χ2v) is 8.99. The van der Waals surface area contributed by atoms with Crippen LogP contribution in [0.15, 0.2) is 54.7 Å². The summed E-state index contributed by atoms with van der Waals surface area (Å²) in [6.07, 6.45) is 8.11. The van der Waals surface area contributed by atoms with Crippen LogP contribution in [0.1, 0.15) is 45.6 Å². The van der Waals surface area contributed by atoms with Crippen LogP contribution >= 0.6 is 12.2 Å². The van der Waals surface area contributed by atoms with Gasteiger partial charge in [-0.3, -0.25) is 4.90 Å². The highest BCUT2D eigenvalue weighted by Gasteiger charge is 2.19. The number of aromatic nitrogens is 1. The van der Waals surface area contributed by atoms with Crippen molar-refractivity contribution in [1.82, 2.24) is 9.88 Å². The van der Waals surface area contributed by atoms with Gasteiger partial charge in [0.05, 0.1) is 12.3 Å². The Morgan fingerprint density at radius 1 is 1.18 bits per heavy atom. The van der Waals surface area contributed by atoms with Gasteiger partial charge in [0.2, 0.25) is 0 Å². The van der Waals surface area contributed by atoms with Gasteiger partial charge in [-0.25, -0.2) is 0 Å². The maximum atomic E-state index is 5.69. The van der Waals surface area contributed by atoms with Crippen LogP contribution in [0.4, 0.5) is 11.4 Å². The summed E-state index contributed by atoms with van der Waals surface area (Å²) in [5.41, 5.74) is 5.67. The van der Waals surface area contributed by atoms with E-state index in [0.29, 0.717) is 17.8 Å². The molecule has 5 nitrogen and oxygen atoms in total. The Balaban J connectivity index is 1.48. The van der Waals surface area contributed by atoms with Gasteiger partial charge in [0.25, 0.3) is 0 Å². The number of aromatic amines is 1. The summed E-state index contributed by atoms with van der Waals surface area (Å²) in [4.78, 5) is 6.02. The van der Waals surface area contributed by atoms with E-state index in [-0.39, 0.29) is 0 Å². The van der Waals surface area contributed by atoms with Gasteiger partial charge in [0.1, 0.15) is 5.75 Å². The molecule has 174 valence electrons. The molecule has 1 aromatic heterocycles. The summed E-state index contributed by atoms with van der Waals surface area (Å²) in [6, 6.07) is 14.8. The summed E-state index contributed by atoms with van der Waals surface area (Å²) in [7, 11) is 0.